The number of benzene rings is 3. The molecule has 0 aromatic heterocycles. The van der Waals surface area contributed by atoms with Crippen molar-refractivity contribution in [2.45, 2.75) is 11.8 Å². The third kappa shape index (κ3) is 5.22. The number of anilines is 1. The van der Waals surface area contributed by atoms with Gasteiger partial charge in [-0.2, -0.15) is 5.10 Å². The lowest BCUT2D eigenvalue weighted by Gasteiger charge is -2.24. The Balaban J connectivity index is 1.89. The summed E-state index contributed by atoms with van der Waals surface area (Å²) in [4.78, 5) is 12.6. The highest BCUT2D eigenvalue weighted by molar-refractivity contribution is 7.92. The zero-order valence-electron chi connectivity index (χ0n) is 16.6. The van der Waals surface area contributed by atoms with Crippen molar-refractivity contribution < 1.29 is 18.3 Å². The molecule has 2 N–H and O–H groups in total. The first-order valence-electron chi connectivity index (χ1n) is 9.24. The standard InChI is InChI=1S/C22H20ClN3O4S/c1-16(18-11-5-8-14-21(18)27)24-25-22(28)15-26(20-13-7-6-12-19(20)23)31(29,30)17-9-3-2-4-10-17/h2-14,27H,15H2,1H3,(H,25,28)/b24-16+. The molecule has 3 rings (SSSR count). The third-order valence-electron chi connectivity index (χ3n) is 4.38. The van der Waals surface area contributed by atoms with Crippen LogP contribution >= 0.6 is 11.6 Å². The molecule has 3 aromatic rings. The van der Waals surface area contributed by atoms with E-state index in [4.69, 9.17) is 11.6 Å². The van der Waals surface area contributed by atoms with Crippen molar-refractivity contribution in [1.29, 1.82) is 0 Å². The number of nitrogens with zero attached hydrogens (tertiary/aromatic N) is 2. The Morgan fingerprint density at radius 1 is 1.00 bits per heavy atom. The van der Waals surface area contributed by atoms with Gasteiger partial charge in [0.05, 0.1) is 21.3 Å². The lowest BCUT2D eigenvalue weighted by atomic mass is 10.1. The van der Waals surface area contributed by atoms with Crippen molar-refractivity contribution in [1.82, 2.24) is 5.43 Å². The summed E-state index contributed by atoms with van der Waals surface area (Å²) >= 11 is 6.23. The zero-order valence-corrected chi connectivity index (χ0v) is 18.1. The summed E-state index contributed by atoms with van der Waals surface area (Å²) in [5, 5.41) is 14.1. The van der Waals surface area contributed by atoms with Gasteiger partial charge >= 0.3 is 0 Å². The molecule has 0 unspecified atom stereocenters. The highest BCUT2D eigenvalue weighted by atomic mass is 35.5. The summed E-state index contributed by atoms with van der Waals surface area (Å²) in [6.45, 7) is 1.07. The van der Waals surface area contributed by atoms with E-state index in [1.807, 2.05) is 0 Å². The van der Waals surface area contributed by atoms with Crippen molar-refractivity contribution in [3.8, 4) is 5.75 Å². The van der Waals surface area contributed by atoms with Crippen LogP contribution in [0.1, 0.15) is 12.5 Å². The minimum atomic E-state index is -4.07. The van der Waals surface area contributed by atoms with Crippen molar-refractivity contribution in [2.75, 3.05) is 10.8 Å². The first-order chi connectivity index (χ1) is 14.8. The van der Waals surface area contributed by atoms with E-state index in [1.165, 1.54) is 24.3 Å². The minimum Gasteiger partial charge on any atom is -0.507 e. The van der Waals surface area contributed by atoms with Gasteiger partial charge in [0.2, 0.25) is 0 Å². The Labute approximate surface area is 185 Å². The molecule has 1 amide bonds. The van der Waals surface area contributed by atoms with Gasteiger partial charge in [-0.25, -0.2) is 13.8 Å². The number of hydrogen-bond acceptors (Lipinski definition) is 5. The number of phenolic OH excluding ortho intramolecular Hbond substituents is 1. The second-order valence-electron chi connectivity index (χ2n) is 6.53. The Hall–Kier alpha value is -3.36. The van der Waals surface area contributed by atoms with Gasteiger partial charge in [-0.05, 0) is 43.3 Å². The number of para-hydroxylation sites is 2. The van der Waals surface area contributed by atoms with Crippen molar-refractivity contribution in [2.24, 2.45) is 5.10 Å². The average Bonchev–Trinajstić information content (AvgIpc) is 2.77. The van der Waals surface area contributed by atoms with E-state index in [0.717, 1.165) is 4.31 Å². The smallest absolute Gasteiger partial charge is 0.264 e. The van der Waals surface area contributed by atoms with Crippen LogP contribution in [0, 0.1) is 0 Å². The molecule has 7 nitrogen and oxygen atoms in total. The molecule has 0 saturated heterocycles. The summed E-state index contributed by atoms with van der Waals surface area (Å²) in [6, 6.07) is 20.7. The number of rotatable bonds is 7. The topological polar surface area (TPSA) is 99.1 Å². The molecule has 0 bridgehead atoms. The number of aromatic hydroxyl groups is 1. The SMILES string of the molecule is C/C(=N\NC(=O)CN(c1ccccc1Cl)S(=O)(=O)c1ccccc1)c1ccccc1O. The number of hydrogen-bond donors (Lipinski definition) is 2. The first kappa shape index (κ1) is 22.3. The molecule has 0 aliphatic heterocycles. The molecule has 0 saturated carbocycles. The average molecular weight is 458 g/mol. The van der Waals surface area contributed by atoms with E-state index in [0.29, 0.717) is 11.3 Å². The number of sulfonamides is 1. The number of halogens is 1. The fourth-order valence-electron chi connectivity index (χ4n) is 2.83. The number of hydrazone groups is 1. The molecule has 0 radical (unpaired) electrons. The van der Waals surface area contributed by atoms with E-state index >= 15 is 0 Å². The van der Waals surface area contributed by atoms with E-state index < -0.39 is 22.5 Å². The summed E-state index contributed by atoms with van der Waals surface area (Å²) in [7, 11) is -4.07. The Kier molecular flexibility index (Phi) is 6.94. The van der Waals surface area contributed by atoms with Gasteiger partial charge in [0.15, 0.2) is 0 Å². The number of phenols is 1. The molecule has 9 heteroatoms. The maximum atomic E-state index is 13.2. The van der Waals surface area contributed by atoms with Gasteiger partial charge in [0.25, 0.3) is 15.9 Å². The van der Waals surface area contributed by atoms with Crippen LogP contribution in [0.25, 0.3) is 0 Å². The molecule has 0 spiro atoms. The first-order valence-corrected chi connectivity index (χ1v) is 11.1. The normalized spacial score (nSPS) is 11.7. The van der Waals surface area contributed by atoms with E-state index in [9.17, 15) is 18.3 Å². The summed E-state index contributed by atoms with van der Waals surface area (Å²) in [5.74, 6) is -0.656. The quantitative estimate of drug-likeness (QED) is 0.416. The Morgan fingerprint density at radius 2 is 1.61 bits per heavy atom. The van der Waals surface area contributed by atoms with Crippen LogP contribution in [0.2, 0.25) is 5.02 Å². The number of amides is 1. The zero-order chi connectivity index (χ0) is 22.4. The van der Waals surface area contributed by atoms with Gasteiger partial charge in [-0.15, -0.1) is 0 Å². The number of carbonyl (C=O) groups is 1. The Morgan fingerprint density at radius 3 is 2.29 bits per heavy atom. The molecule has 3 aromatic carbocycles. The number of carbonyl (C=O) groups excluding carboxylic acids is 1. The summed E-state index contributed by atoms with van der Waals surface area (Å²) < 4.78 is 27.4. The van der Waals surface area contributed by atoms with Crippen LogP contribution in [0.4, 0.5) is 5.69 Å². The van der Waals surface area contributed by atoms with Crippen LogP contribution < -0.4 is 9.73 Å². The minimum absolute atomic E-state index is 0.0161. The second-order valence-corrected chi connectivity index (χ2v) is 8.79. The summed E-state index contributed by atoms with van der Waals surface area (Å²) in [6.07, 6.45) is 0. The van der Waals surface area contributed by atoms with Gasteiger partial charge < -0.3 is 5.11 Å². The fraction of sp³-hybridized carbons (Fsp3) is 0.0909. The van der Waals surface area contributed by atoms with Crippen molar-refractivity contribution in [3.05, 3.63) is 89.4 Å². The summed E-state index contributed by atoms with van der Waals surface area (Å²) in [5.41, 5.74) is 3.32. The fourth-order valence-corrected chi connectivity index (χ4v) is 4.57. The largest absolute Gasteiger partial charge is 0.507 e. The molecular weight excluding hydrogens is 438 g/mol. The van der Waals surface area contributed by atoms with Crippen molar-refractivity contribution in [3.63, 3.8) is 0 Å². The van der Waals surface area contributed by atoms with Gasteiger partial charge in [0.1, 0.15) is 12.3 Å². The molecule has 0 atom stereocenters. The van der Waals surface area contributed by atoms with E-state index in [1.54, 1.807) is 61.5 Å². The van der Waals surface area contributed by atoms with Crippen LogP contribution in [0.3, 0.4) is 0 Å². The lowest BCUT2D eigenvalue weighted by Crippen LogP contribution is -2.40. The maximum Gasteiger partial charge on any atom is 0.264 e. The maximum absolute atomic E-state index is 13.2. The molecule has 0 heterocycles. The monoisotopic (exact) mass is 457 g/mol. The molecule has 0 aliphatic carbocycles. The highest BCUT2D eigenvalue weighted by Crippen LogP contribution is 2.30. The van der Waals surface area contributed by atoms with E-state index in [2.05, 4.69) is 10.5 Å². The third-order valence-corrected chi connectivity index (χ3v) is 6.48. The van der Waals surface area contributed by atoms with Crippen LogP contribution in [-0.2, 0) is 14.8 Å². The molecule has 31 heavy (non-hydrogen) atoms. The van der Waals surface area contributed by atoms with E-state index in [-0.39, 0.29) is 21.4 Å². The number of nitrogens with one attached hydrogen (secondary N) is 1. The van der Waals surface area contributed by atoms with Gasteiger partial charge in [0, 0.05) is 5.56 Å². The second kappa shape index (κ2) is 9.63. The van der Waals surface area contributed by atoms with Crippen LogP contribution in [0.5, 0.6) is 5.75 Å². The molecular formula is C22H20ClN3O4S. The predicted octanol–water partition coefficient (Wildman–Crippen LogP) is 3.78. The lowest BCUT2D eigenvalue weighted by molar-refractivity contribution is -0.119. The predicted molar refractivity (Wildman–Crippen MR) is 121 cm³/mol. The van der Waals surface area contributed by atoms with Gasteiger partial charge in [-0.1, -0.05) is 54.1 Å². The molecule has 0 aliphatic rings. The molecule has 160 valence electrons. The van der Waals surface area contributed by atoms with Gasteiger partial charge in [-0.3, -0.25) is 9.10 Å². The van der Waals surface area contributed by atoms with Crippen LogP contribution in [0.15, 0.2) is 88.9 Å². The Bertz CT molecular complexity index is 1210. The van der Waals surface area contributed by atoms with Crippen molar-refractivity contribution >= 4 is 38.9 Å². The molecule has 0 fully saturated rings. The van der Waals surface area contributed by atoms with Crippen LogP contribution in [-0.4, -0.2) is 31.7 Å². The highest BCUT2D eigenvalue weighted by Gasteiger charge is 2.28.